The van der Waals surface area contributed by atoms with Crippen molar-refractivity contribution in [2.45, 2.75) is 13.3 Å². The van der Waals surface area contributed by atoms with Crippen LogP contribution in [0, 0.1) is 6.92 Å². The molecule has 0 saturated carbocycles. The first-order valence-corrected chi connectivity index (χ1v) is 7.55. The quantitative estimate of drug-likeness (QED) is 0.616. The Morgan fingerprint density at radius 3 is 2.62 bits per heavy atom. The second-order valence-electron chi connectivity index (χ2n) is 3.36. The van der Waals surface area contributed by atoms with Crippen molar-refractivity contribution in [1.29, 1.82) is 0 Å². The van der Waals surface area contributed by atoms with Gasteiger partial charge in [0.15, 0.2) is 0 Å². The Balaban J connectivity index is 2.41. The Morgan fingerprint density at radius 1 is 1.38 bits per heavy atom. The van der Waals surface area contributed by atoms with Gasteiger partial charge in [0.2, 0.25) is 9.05 Å². The number of aryl methyl sites for hydroxylation is 1. The SMILES string of the molecule is Cc1cc(OCCCS(=O)(=O)Cl)ccc1Cl. The van der Waals surface area contributed by atoms with Crippen LogP contribution in [0.25, 0.3) is 0 Å². The third kappa shape index (κ3) is 5.05. The highest BCUT2D eigenvalue weighted by molar-refractivity contribution is 8.13. The summed E-state index contributed by atoms with van der Waals surface area (Å²) in [6, 6.07) is 5.28. The molecule has 0 radical (unpaired) electrons. The topological polar surface area (TPSA) is 43.4 Å². The van der Waals surface area contributed by atoms with Gasteiger partial charge in [-0.2, -0.15) is 0 Å². The molecule has 0 saturated heterocycles. The summed E-state index contributed by atoms with van der Waals surface area (Å²) in [5.41, 5.74) is 0.920. The highest BCUT2D eigenvalue weighted by Gasteiger charge is 2.04. The average molecular weight is 283 g/mol. The number of ether oxygens (including phenoxy) is 1. The number of hydrogen-bond donors (Lipinski definition) is 0. The van der Waals surface area contributed by atoms with Crippen LogP contribution in [0.5, 0.6) is 5.75 Å². The summed E-state index contributed by atoms with van der Waals surface area (Å²) in [5.74, 6) is 0.593. The largest absolute Gasteiger partial charge is 0.494 e. The molecule has 0 heterocycles. The number of rotatable bonds is 5. The fourth-order valence-electron chi connectivity index (χ4n) is 1.13. The van der Waals surface area contributed by atoms with E-state index in [9.17, 15) is 8.42 Å². The van der Waals surface area contributed by atoms with Crippen LogP contribution in [-0.2, 0) is 9.05 Å². The van der Waals surface area contributed by atoms with Crippen molar-refractivity contribution in [2.75, 3.05) is 12.4 Å². The van der Waals surface area contributed by atoms with Gasteiger partial charge >= 0.3 is 0 Å². The van der Waals surface area contributed by atoms with E-state index in [1.165, 1.54) is 0 Å². The summed E-state index contributed by atoms with van der Waals surface area (Å²) in [6.45, 7) is 2.19. The molecule has 1 aromatic carbocycles. The molecule has 0 aromatic heterocycles. The van der Waals surface area contributed by atoms with Crippen molar-refractivity contribution >= 4 is 31.3 Å². The molecule has 90 valence electrons. The van der Waals surface area contributed by atoms with Crippen LogP contribution in [0.3, 0.4) is 0 Å². The van der Waals surface area contributed by atoms with Gasteiger partial charge in [0.1, 0.15) is 5.75 Å². The minimum Gasteiger partial charge on any atom is -0.494 e. The molecule has 0 aliphatic carbocycles. The van der Waals surface area contributed by atoms with Crippen molar-refractivity contribution in [3.8, 4) is 5.75 Å². The second kappa shape index (κ2) is 5.75. The van der Waals surface area contributed by atoms with E-state index in [0.717, 1.165) is 5.56 Å². The van der Waals surface area contributed by atoms with Gasteiger partial charge in [-0.15, -0.1) is 0 Å². The summed E-state index contributed by atoms with van der Waals surface area (Å²) >= 11 is 5.85. The number of halogens is 2. The lowest BCUT2D eigenvalue weighted by atomic mass is 10.2. The molecule has 0 aliphatic heterocycles. The van der Waals surface area contributed by atoms with Crippen LogP contribution < -0.4 is 4.74 Å². The molecule has 0 unspecified atom stereocenters. The highest BCUT2D eigenvalue weighted by Crippen LogP contribution is 2.21. The molecule has 1 rings (SSSR count). The average Bonchev–Trinajstić information content (AvgIpc) is 2.17. The third-order valence-electron chi connectivity index (χ3n) is 1.93. The summed E-state index contributed by atoms with van der Waals surface area (Å²) in [7, 11) is 1.64. The van der Waals surface area contributed by atoms with Crippen LogP contribution in [0.4, 0.5) is 0 Å². The fourth-order valence-corrected chi connectivity index (χ4v) is 2.04. The maximum atomic E-state index is 10.6. The van der Waals surface area contributed by atoms with Crippen LogP contribution in [0.2, 0.25) is 5.02 Å². The zero-order valence-electron chi connectivity index (χ0n) is 8.74. The number of hydrogen-bond acceptors (Lipinski definition) is 3. The smallest absolute Gasteiger partial charge is 0.232 e. The number of benzene rings is 1. The minimum atomic E-state index is -3.42. The molecular formula is C10H12Cl2O3S. The van der Waals surface area contributed by atoms with Gasteiger partial charge in [-0.3, -0.25) is 0 Å². The van der Waals surface area contributed by atoms with Gasteiger partial charge in [0.05, 0.1) is 12.4 Å². The van der Waals surface area contributed by atoms with E-state index in [1.54, 1.807) is 18.2 Å². The molecule has 0 N–H and O–H groups in total. The first-order valence-electron chi connectivity index (χ1n) is 4.70. The zero-order valence-corrected chi connectivity index (χ0v) is 11.1. The summed E-state index contributed by atoms with van der Waals surface area (Å²) in [6.07, 6.45) is 0.369. The van der Waals surface area contributed by atoms with E-state index in [1.807, 2.05) is 6.92 Å². The predicted octanol–water partition coefficient (Wildman–Crippen LogP) is 2.99. The summed E-state index contributed by atoms with van der Waals surface area (Å²) < 4.78 is 26.6. The molecule has 1 aromatic rings. The molecule has 0 bridgehead atoms. The molecule has 0 amide bonds. The van der Waals surface area contributed by atoms with Gasteiger partial charge in [0, 0.05) is 15.7 Å². The van der Waals surface area contributed by atoms with E-state index >= 15 is 0 Å². The van der Waals surface area contributed by atoms with E-state index < -0.39 is 9.05 Å². The van der Waals surface area contributed by atoms with E-state index in [2.05, 4.69) is 0 Å². The van der Waals surface area contributed by atoms with Gasteiger partial charge in [-0.05, 0) is 37.1 Å². The Bertz CT molecular complexity index is 457. The molecule has 16 heavy (non-hydrogen) atoms. The minimum absolute atomic E-state index is 0.0822. The Hall–Kier alpha value is -0.450. The van der Waals surface area contributed by atoms with Gasteiger partial charge in [0.25, 0.3) is 0 Å². The van der Waals surface area contributed by atoms with Gasteiger partial charge in [-0.25, -0.2) is 8.42 Å². The molecule has 0 atom stereocenters. The Morgan fingerprint density at radius 2 is 2.06 bits per heavy atom. The van der Waals surface area contributed by atoms with Crippen molar-refractivity contribution in [1.82, 2.24) is 0 Å². The molecule has 3 nitrogen and oxygen atoms in total. The van der Waals surface area contributed by atoms with E-state index in [0.29, 0.717) is 23.8 Å². The molecule has 0 fully saturated rings. The lowest BCUT2D eigenvalue weighted by molar-refractivity contribution is 0.317. The van der Waals surface area contributed by atoms with Gasteiger partial charge in [-0.1, -0.05) is 11.6 Å². The predicted molar refractivity (Wildman–Crippen MR) is 65.9 cm³/mol. The first kappa shape index (κ1) is 13.6. The van der Waals surface area contributed by atoms with E-state index in [-0.39, 0.29) is 5.75 Å². The Kier molecular flexibility index (Phi) is 4.89. The van der Waals surface area contributed by atoms with Crippen molar-refractivity contribution < 1.29 is 13.2 Å². The van der Waals surface area contributed by atoms with Crippen molar-refractivity contribution in [3.05, 3.63) is 28.8 Å². The van der Waals surface area contributed by atoms with Crippen LogP contribution in [0.15, 0.2) is 18.2 Å². The zero-order chi connectivity index (χ0) is 12.2. The van der Waals surface area contributed by atoms with Crippen LogP contribution in [-0.4, -0.2) is 20.8 Å². The fraction of sp³-hybridized carbons (Fsp3) is 0.400. The molecule has 6 heteroatoms. The molecule has 0 aliphatic rings. The van der Waals surface area contributed by atoms with Crippen LogP contribution >= 0.6 is 22.3 Å². The van der Waals surface area contributed by atoms with Crippen LogP contribution in [0.1, 0.15) is 12.0 Å². The first-order chi connectivity index (χ1) is 7.38. The maximum Gasteiger partial charge on any atom is 0.232 e. The maximum absolute atomic E-state index is 10.6. The molecule has 0 spiro atoms. The Labute approximate surface area is 105 Å². The second-order valence-corrected chi connectivity index (χ2v) is 6.66. The van der Waals surface area contributed by atoms with Gasteiger partial charge < -0.3 is 4.74 Å². The molecular weight excluding hydrogens is 271 g/mol. The third-order valence-corrected chi connectivity index (χ3v) is 3.59. The van der Waals surface area contributed by atoms with Crippen molar-refractivity contribution in [3.63, 3.8) is 0 Å². The van der Waals surface area contributed by atoms with E-state index in [4.69, 9.17) is 27.0 Å². The normalized spacial score (nSPS) is 11.4. The monoisotopic (exact) mass is 282 g/mol. The lowest BCUT2D eigenvalue weighted by Gasteiger charge is -2.06. The summed E-state index contributed by atoms with van der Waals surface area (Å²) in [4.78, 5) is 0. The van der Waals surface area contributed by atoms with Crippen molar-refractivity contribution in [2.24, 2.45) is 0 Å². The summed E-state index contributed by atoms with van der Waals surface area (Å²) in [5, 5.41) is 0.677. The standard InChI is InChI=1S/C10H12Cl2O3S/c1-8-7-9(3-4-10(8)11)15-5-2-6-16(12,13)14/h3-4,7H,2,5-6H2,1H3. The highest BCUT2D eigenvalue weighted by atomic mass is 35.7. The lowest BCUT2D eigenvalue weighted by Crippen LogP contribution is -2.04.